The normalized spacial score (nSPS) is 14.9. The number of aromatic nitrogens is 2. The Bertz CT molecular complexity index is 522. The van der Waals surface area contributed by atoms with Crippen molar-refractivity contribution in [3.05, 3.63) is 40.4 Å². The van der Waals surface area contributed by atoms with E-state index in [4.69, 9.17) is 0 Å². The standard InChI is InChI=1S/C12H12FN3S/c13-10-6-14-4-3-11(10)15-5-9-7-17-12(16-9)8-1-2-8/h3-4,6-8H,1-2,5H2,(H,14,15). The molecule has 1 aliphatic carbocycles. The van der Waals surface area contributed by atoms with Crippen molar-refractivity contribution in [3.8, 4) is 0 Å². The molecule has 2 aromatic heterocycles. The fourth-order valence-corrected chi connectivity index (χ4v) is 2.62. The molecule has 2 aromatic rings. The predicted molar refractivity (Wildman–Crippen MR) is 65.6 cm³/mol. The molecule has 88 valence electrons. The zero-order valence-electron chi connectivity index (χ0n) is 9.19. The first kappa shape index (κ1) is 10.7. The SMILES string of the molecule is Fc1cnccc1NCc1csc(C2CC2)n1. The Kier molecular flexibility index (Phi) is 2.76. The van der Waals surface area contributed by atoms with E-state index in [-0.39, 0.29) is 5.82 Å². The summed E-state index contributed by atoms with van der Waals surface area (Å²) < 4.78 is 13.3. The van der Waals surface area contributed by atoms with Gasteiger partial charge in [0.1, 0.15) is 0 Å². The van der Waals surface area contributed by atoms with E-state index in [1.54, 1.807) is 23.6 Å². The van der Waals surface area contributed by atoms with Crippen LogP contribution in [0.5, 0.6) is 0 Å². The van der Waals surface area contributed by atoms with Crippen LogP contribution in [0.1, 0.15) is 29.5 Å². The molecular weight excluding hydrogens is 237 g/mol. The second-order valence-electron chi connectivity index (χ2n) is 4.16. The van der Waals surface area contributed by atoms with Crippen LogP contribution in [0.2, 0.25) is 0 Å². The number of nitrogens with one attached hydrogen (secondary N) is 1. The third-order valence-electron chi connectivity index (χ3n) is 2.73. The van der Waals surface area contributed by atoms with Crippen molar-refractivity contribution >= 4 is 17.0 Å². The number of anilines is 1. The van der Waals surface area contributed by atoms with Crippen molar-refractivity contribution < 1.29 is 4.39 Å². The van der Waals surface area contributed by atoms with Crippen LogP contribution in [0.4, 0.5) is 10.1 Å². The van der Waals surface area contributed by atoms with E-state index >= 15 is 0 Å². The van der Waals surface area contributed by atoms with Gasteiger partial charge in [-0.3, -0.25) is 4.98 Å². The van der Waals surface area contributed by atoms with Crippen molar-refractivity contribution in [2.24, 2.45) is 0 Å². The Hall–Kier alpha value is -1.49. The molecule has 0 unspecified atom stereocenters. The topological polar surface area (TPSA) is 37.8 Å². The summed E-state index contributed by atoms with van der Waals surface area (Å²) in [6.45, 7) is 0.560. The van der Waals surface area contributed by atoms with Crippen LogP contribution in [-0.4, -0.2) is 9.97 Å². The van der Waals surface area contributed by atoms with E-state index in [0.29, 0.717) is 18.2 Å². The minimum Gasteiger partial charge on any atom is -0.377 e. The highest BCUT2D eigenvalue weighted by Crippen LogP contribution is 2.41. The highest BCUT2D eigenvalue weighted by Gasteiger charge is 2.26. The lowest BCUT2D eigenvalue weighted by molar-refractivity contribution is 0.623. The molecule has 3 nitrogen and oxygen atoms in total. The molecule has 17 heavy (non-hydrogen) atoms. The Morgan fingerprint density at radius 3 is 3.12 bits per heavy atom. The van der Waals surface area contributed by atoms with Gasteiger partial charge in [0.2, 0.25) is 0 Å². The maximum atomic E-state index is 13.3. The van der Waals surface area contributed by atoms with E-state index in [9.17, 15) is 4.39 Å². The molecule has 5 heteroatoms. The average molecular weight is 249 g/mol. The third kappa shape index (κ3) is 2.44. The number of hydrogen-bond acceptors (Lipinski definition) is 4. The first-order valence-electron chi connectivity index (χ1n) is 5.60. The van der Waals surface area contributed by atoms with Crippen LogP contribution in [0.15, 0.2) is 23.8 Å². The molecule has 2 heterocycles. The molecule has 0 spiro atoms. The number of pyridine rings is 1. The third-order valence-corrected chi connectivity index (χ3v) is 3.78. The highest BCUT2D eigenvalue weighted by molar-refractivity contribution is 7.09. The molecule has 0 amide bonds. The molecule has 0 atom stereocenters. The predicted octanol–water partition coefficient (Wildman–Crippen LogP) is 3.17. The maximum Gasteiger partial charge on any atom is 0.164 e. The zero-order valence-corrected chi connectivity index (χ0v) is 10.0. The molecule has 0 aromatic carbocycles. The van der Waals surface area contributed by atoms with Crippen molar-refractivity contribution in [2.75, 3.05) is 5.32 Å². The van der Waals surface area contributed by atoms with Gasteiger partial charge >= 0.3 is 0 Å². The van der Waals surface area contributed by atoms with Crippen LogP contribution in [0.25, 0.3) is 0 Å². The minimum atomic E-state index is -0.329. The van der Waals surface area contributed by atoms with E-state index in [2.05, 4.69) is 15.3 Å². The molecule has 3 rings (SSSR count). The van der Waals surface area contributed by atoms with E-state index in [0.717, 1.165) is 5.69 Å². The number of thiazole rings is 1. The second-order valence-corrected chi connectivity index (χ2v) is 5.05. The van der Waals surface area contributed by atoms with Gasteiger partial charge in [-0.05, 0) is 18.9 Å². The largest absolute Gasteiger partial charge is 0.377 e. The molecule has 1 N–H and O–H groups in total. The van der Waals surface area contributed by atoms with E-state index in [1.807, 2.05) is 5.38 Å². The summed E-state index contributed by atoms with van der Waals surface area (Å²) in [6, 6.07) is 1.63. The number of nitrogens with zero attached hydrogens (tertiary/aromatic N) is 2. The molecule has 0 radical (unpaired) electrons. The van der Waals surface area contributed by atoms with Crippen molar-refractivity contribution in [1.82, 2.24) is 9.97 Å². The molecule has 0 bridgehead atoms. The summed E-state index contributed by atoms with van der Waals surface area (Å²) in [4.78, 5) is 8.24. The van der Waals surface area contributed by atoms with Crippen LogP contribution >= 0.6 is 11.3 Å². The highest BCUT2D eigenvalue weighted by atomic mass is 32.1. The molecular formula is C12H12FN3S. The van der Waals surface area contributed by atoms with E-state index < -0.39 is 0 Å². The van der Waals surface area contributed by atoms with Gasteiger partial charge in [0.05, 0.1) is 29.1 Å². The van der Waals surface area contributed by atoms with Crippen LogP contribution in [-0.2, 0) is 6.54 Å². The molecule has 0 aliphatic heterocycles. The van der Waals surface area contributed by atoms with Gasteiger partial charge in [-0.1, -0.05) is 0 Å². The molecule has 1 saturated carbocycles. The average Bonchev–Trinajstić information content (AvgIpc) is 3.08. The summed E-state index contributed by atoms with van der Waals surface area (Å²) in [7, 11) is 0. The van der Waals surface area contributed by atoms with Gasteiger partial charge in [0.15, 0.2) is 5.82 Å². The van der Waals surface area contributed by atoms with Gasteiger partial charge in [0, 0.05) is 17.5 Å². The summed E-state index contributed by atoms with van der Waals surface area (Å²) in [5.74, 6) is 0.358. The lowest BCUT2D eigenvalue weighted by Crippen LogP contribution is -2.02. The summed E-state index contributed by atoms with van der Waals surface area (Å²) >= 11 is 1.70. The lowest BCUT2D eigenvalue weighted by atomic mass is 10.3. The van der Waals surface area contributed by atoms with Crippen LogP contribution < -0.4 is 5.32 Å². The second kappa shape index (κ2) is 4.41. The van der Waals surface area contributed by atoms with Crippen molar-refractivity contribution in [1.29, 1.82) is 0 Å². The number of hydrogen-bond donors (Lipinski definition) is 1. The quantitative estimate of drug-likeness (QED) is 0.904. The molecule has 1 aliphatic rings. The molecule has 1 fully saturated rings. The zero-order chi connectivity index (χ0) is 11.7. The van der Waals surface area contributed by atoms with Gasteiger partial charge in [0.25, 0.3) is 0 Å². The number of halogens is 1. The summed E-state index contributed by atoms with van der Waals surface area (Å²) in [5, 5.41) is 6.29. The smallest absolute Gasteiger partial charge is 0.164 e. The van der Waals surface area contributed by atoms with Crippen molar-refractivity contribution in [3.63, 3.8) is 0 Å². The molecule has 0 saturated heterocycles. The van der Waals surface area contributed by atoms with Crippen LogP contribution in [0.3, 0.4) is 0 Å². The Morgan fingerprint density at radius 1 is 1.47 bits per heavy atom. The Balaban J connectivity index is 1.65. The first-order valence-corrected chi connectivity index (χ1v) is 6.48. The van der Waals surface area contributed by atoms with Gasteiger partial charge < -0.3 is 5.32 Å². The lowest BCUT2D eigenvalue weighted by Gasteiger charge is -2.04. The van der Waals surface area contributed by atoms with Gasteiger partial charge in [-0.15, -0.1) is 11.3 Å². The van der Waals surface area contributed by atoms with Gasteiger partial charge in [-0.25, -0.2) is 9.37 Å². The Labute approximate surface area is 103 Å². The maximum absolute atomic E-state index is 13.3. The van der Waals surface area contributed by atoms with Gasteiger partial charge in [-0.2, -0.15) is 0 Å². The fourth-order valence-electron chi connectivity index (χ4n) is 1.63. The Morgan fingerprint density at radius 2 is 2.35 bits per heavy atom. The monoisotopic (exact) mass is 249 g/mol. The summed E-state index contributed by atoms with van der Waals surface area (Å²) in [6.07, 6.45) is 5.31. The fraction of sp³-hybridized carbons (Fsp3) is 0.333. The first-order chi connectivity index (χ1) is 8.33. The minimum absolute atomic E-state index is 0.329. The summed E-state index contributed by atoms with van der Waals surface area (Å²) in [5.41, 5.74) is 1.45. The van der Waals surface area contributed by atoms with Crippen LogP contribution in [0, 0.1) is 5.82 Å². The number of rotatable bonds is 4. The van der Waals surface area contributed by atoms with E-state index in [1.165, 1.54) is 24.0 Å². The van der Waals surface area contributed by atoms with Crippen molar-refractivity contribution in [2.45, 2.75) is 25.3 Å².